The van der Waals surface area contributed by atoms with Crippen LogP contribution < -0.4 is 10.2 Å². The van der Waals surface area contributed by atoms with Crippen molar-refractivity contribution >= 4 is 23.5 Å². The molecule has 16 heavy (non-hydrogen) atoms. The van der Waals surface area contributed by atoms with Crippen molar-refractivity contribution in [3.8, 4) is 0 Å². The smallest absolute Gasteiger partial charge is 0.0451 e. The summed E-state index contributed by atoms with van der Waals surface area (Å²) in [7, 11) is 0. The standard InChI is InChI=1S/C13H16N2S/c1-4-12(15-8-6-14-7-9-15)11-3-2-10-16-13(11)5-1/h1-5,14H,6-10H2. The van der Waals surface area contributed by atoms with Gasteiger partial charge in [-0.3, -0.25) is 0 Å². The van der Waals surface area contributed by atoms with Crippen molar-refractivity contribution in [3.63, 3.8) is 0 Å². The second-order valence-electron chi connectivity index (χ2n) is 4.14. The molecule has 0 saturated carbocycles. The number of hydrogen-bond acceptors (Lipinski definition) is 3. The van der Waals surface area contributed by atoms with Crippen LogP contribution in [-0.4, -0.2) is 31.9 Å². The summed E-state index contributed by atoms with van der Waals surface area (Å²) in [6.45, 7) is 4.44. The summed E-state index contributed by atoms with van der Waals surface area (Å²) in [5, 5.41) is 3.40. The molecule has 0 aromatic heterocycles. The maximum absolute atomic E-state index is 3.40. The van der Waals surface area contributed by atoms with Crippen LogP contribution in [0.15, 0.2) is 29.2 Å². The van der Waals surface area contributed by atoms with Crippen molar-refractivity contribution in [2.45, 2.75) is 4.90 Å². The zero-order chi connectivity index (χ0) is 10.8. The summed E-state index contributed by atoms with van der Waals surface area (Å²) in [6.07, 6.45) is 4.54. The van der Waals surface area contributed by atoms with Crippen LogP contribution in [0, 0.1) is 0 Å². The molecule has 1 fully saturated rings. The van der Waals surface area contributed by atoms with E-state index in [2.05, 4.69) is 40.6 Å². The Bertz CT molecular complexity index is 408. The molecule has 0 aliphatic carbocycles. The second kappa shape index (κ2) is 4.52. The highest BCUT2D eigenvalue weighted by Crippen LogP contribution is 2.35. The second-order valence-corrected chi connectivity index (χ2v) is 5.20. The highest BCUT2D eigenvalue weighted by Gasteiger charge is 2.16. The van der Waals surface area contributed by atoms with E-state index in [1.807, 2.05) is 11.8 Å². The fraction of sp³-hybridized carbons (Fsp3) is 0.385. The van der Waals surface area contributed by atoms with E-state index in [-0.39, 0.29) is 0 Å². The Kier molecular flexibility index (Phi) is 2.89. The Hall–Kier alpha value is -0.930. The molecule has 2 heterocycles. The lowest BCUT2D eigenvalue weighted by molar-refractivity contribution is 0.588. The van der Waals surface area contributed by atoms with Crippen LogP contribution in [0.4, 0.5) is 5.69 Å². The number of fused-ring (bicyclic) bond motifs is 1. The molecule has 0 radical (unpaired) electrons. The third kappa shape index (κ3) is 1.85. The number of anilines is 1. The van der Waals surface area contributed by atoms with Crippen molar-refractivity contribution in [2.24, 2.45) is 0 Å². The predicted molar refractivity (Wildman–Crippen MR) is 71.3 cm³/mol. The molecule has 3 rings (SSSR count). The van der Waals surface area contributed by atoms with Crippen molar-refractivity contribution in [2.75, 3.05) is 36.8 Å². The maximum atomic E-state index is 3.40. The third-order valence-electron chi connectivity index (χ3n) is 3.12. The molecule has 2 aliphatic heterocycles. The Morgan fingerprint density at radius 3 is 2.94 bits per heavy atom. The number of benzene rings is 1. The average Bonchev–Trinajstić information content (AvgIpc) is 2.39. The Morgan fingerprint density at radius 1 is 1.19 bits per heavy atom. The van der Waals surface area contributed by atoms with Gasteiger partial charge in [-0.05, 0) is 12.1 Å². The summed E-state index contributed by atoms with van der Waals surface area (Å²) in [5.74, 6) is 1.11. The molecule has 0 atom stereocenters. The minimum Gasteiger partial charge on any atom is -0.368 e. The largest absolute Gasteiger partial charge is 0.368 e. The quantitative estimate of drug-likeness (QED) is 0.799. The number of piperazine rings is 1. The van der Waals surface area contributed by atoms with Crippen LogP contribution in [0.1, 0.15) is 5.56 Å². The van der Waals surface area contributed by atoms with Gasteiger partial charge >= 0.3 is 0 Å². The van der Waals surface area contributed by atoms with Gasteiger partial charge in [-0.15, -0.1) is 11.8 Å². The Morgan fingerprint density at radius 2 is 2.06 bits per heavy atom. The molecule has 1 N–H and O–H groups in total. The van der Waals surface area contributed by atoms with E-state index in [0.29, 0.717) is 0 Å². The summed E-state index contributed by atoms with van der Waals surface area (Å²) in [5.41, 5.74) is 2.82. The predicted octanol–water partition coefficient (Wildman–Crippen LogP) is 2.22. The first-order valence-corrected chi connectivity index (χ1v) is 6.82. The van der Waals surface area contributed by atoms with E-state index >= 15 is 0 Å². The van der Waals surface area contributed by atoms with Gasteiger partial charge in [0.05, 0.1) is 0 Å². The number of rotatable bonds is 1. The van der Waals surface area contributed by atoms with Crippen LogP contribution in [0.5, 0.6) is 0 Å². The van der Waals surface area contributed by atoms with Gasteiger partial charge in [0, 0.05) is 48.1 Å². The minimum atomic E-state index is 1.10. The van der Waals surface area contributed by atoms with Crippen molar-refractivity contribution in [1.82, 2.24) is 5.32 Å². The lowest BCUT2D eigenvalue weighted by atomic mass is 10.1. The van der Waals surface area contributed by atoms with Gasteiger partial charge in [-0.1, -0.05) is 18.2 Å². The fourth-order valence-electron chi connectivity index (χ4n) is 2.31. The zero-order valence-corrected chi connectivity index (χ0v) is 10.1. The molecule has 0 amide bonds. The molecular formula is C13H16N2S. The molecule has 0 bridgehead atoms. The summed E-state index contributed by atoms with van der Waals surface area (Å²) in [6, 6.07) is 6.66. The van der Waals surface area contributed by atoms with Gasteiger partial charge in [0.2, 0.25) is 0 Å². The van der Waals surface area contributed by atoms with Gasteiger partial charge in [0.25, 0.3) is 0 Å². The van der Waals surface area contributed by atoms with E-state index in [4.69, 9.17) is 0 Å². The molecular weight excluding hydrogens is 216 g/mol. The maximum Gasteiger partial charge on any atom is 0.0451 e. The normalized spacial score (nSPS) is 19.6. The Balaban J connectivity index is 1.97. The highest BCUT2D eigenvalue weighted by molar-refractivity contribution is 7.99. The van der Waals surface area contributed by atoms with E-state index in [9.17, 15) is 0 Å². The minimum absolute atomic E-state index is 1.10. The number of nitrogens with zero attached hydrogens (tertiary/aromatic N) is 1. The topological polar surface area (TPSA) is 15.3 Å². The first kappa shape index (κ1) is 10.2. The van der Waals surface area contributed by atoms with Crippen LogP contribution in [0.2, 0.25) is 0 Å². The summed E-state index contributed by atoms with van der Waals surface area (Å²) < 4.78 is 0. The van der Waals surface area contributed by atoms with E-state index < -0.39 is 0 Å². The molecule has 3 heteroatoms. The first-order chi connectivity index (χ1) is 7.95. The average molecular weight is 232 g/mol. The van der Waals surface area contributed by atoms with E-state index in [1.54, 1.807) is 0 Å². The monoisotopic (exact) mass is 232 g/mol. The van der Waals surface area contributed by atoms with Crippen LogP contribution >= 0.6 is 11.8 Å². The molecule has 2 nitrogen and oxygen atoms in total. The molecule has 84 valence electrons. The van der Waals surface area contributed by atoms with Crippen LogP contribution in [0.25, 0.3) is 6.08 Å². The molecule has 2 aliphatic rings. The van der Waals surface area contributed by atoms with E-state index in [1.165, 1.54) is 16.1 Å². The van der Waals surface area contributed by atoms with Gasteiger partial charge in [-0.25, -0.2) is 0 Å². The number of thioether (sulfide) groups is 1. The molecule has 1 saturated heterocycles. The van der Waals surface area contributed by atoms with Crippen molar-refractivity contribution in [3.05, 3.63) is 29.8 Å². The summed E-state index contributed by atoms with van der Waals surface area (Å²) >= 11 is 1.94. The van der Waals surface area contributed by atoms with E-state index in [0.717, 1.165) is 31.9 Å². The SMILES string of the molecule is C1=Cc2c(cccc2N2CCNCC2)SC1. The number of nitrogens with one attached hydrogen (secondary N) is 1. The van der Waals surface area contributed by atoms with Crippen molar-refractivity contribution in [1.29, 1.82) is 0 Å². The molecule has 1 aromatic carbocycles. The Labute approximate surface area is 101 Å². The lowest BCUT2D eigenvalue weighted by Crippen LogP contribution is -2.43. The third-order valence-corrected chi connectivity index (χ3v) is 4.15. The molecule has 0 spiro atoms. The summed E-state index contributed by atoms with van der Waals surface area (Å²) in [4.78, 5) is 3.92. The van der Waals surface area contributed by atoms with Gasteiger partial charge in [0.15, 0.2) is 0 Å². The van der Waals surface area contributed by atoms with Gasteiger partial charge in [-0.2, -0.15) is 0 Å². The highest BCUT2D eigenvalue weighted by atomic mass is 32.2. The van der Waals surface area contributed by atoms with Crippen LogP contribution in [-0.2, 0) is 0 Å². The first-order valence-electron chi connectivity index (χ1n) is 5.83. The van der Waals surface area contributed by atoms with Gasteiger partial charge in [0.1, 0.15) is 0 Å². The zero-order valence-electron chi connectivity index (χ0n) is 9.28. The molecule has 1 aromatic rings. The fourth-order valence-corrected chi connectivity index (χ4v) is 3.19. The van der Waals surface area contributed by atoms with Crippen molar-refractivity contribution < 1.29 is 0 Å². The lowest BCUT2D eigenvalue weighted by Gasteiger charge is -2.31. The number of hydrogen-bond donors (Lipinski definition) is 1. The van der Waals surface area contributed by atoms with Gasteiger partial charge < -0.3 is 10.2 Å². The molecule has 0 unspecified atom stereocenters. The van der Waals surface area contributed by atoms with Crippen LogP contribution in [0.3, 0.4) is 0 Å².